The number of rotatable bonds is 3. The van der Waals surface area contributed by atoms with Crippen molar-refractivity contribution in [2.24, 2.45) is 5.73 Å². The molecule has 1 aromatic heterocycles. The fourth-order valence-electron chi connectivity index (χ4n) is 1.95. The van der Waals surface area contributed by atoms with E-state index >= 15 is 0 Å². The number of morpholine rings is 1. The monoisotopic (exact) mass is 262 g/mol. The zero-order chi connectivity index (χ0) is 11.5. The molecule has 1 fully saturated rings. The fourth-order valence-corrected chi connectivity index (χ4v) is 1.95. The zero-order valence-electron chi connectivity index (χ0n) is 10.1. The molecule has 7 heteroatoms. The lowest BCUT2D eigenvalue weighted by Gasteiger charge is -2.37. The van der Waals surface area contributed by atoms with Gasteiger partial charge in [-0.1, -0.05) is 5.16 Å². The summed E-state index contributed by atoms with van der Waals surface area (Å²) in [6, 6.07) is 0.757. The van der Waals surface area contributed by atoms with E-state index in [-0.39, 0.29) is 12.4 Å². The van der Waals surface area contributed by atoms with Crippen LogP contribution in [-0.4, -0.2) is 40.3 Å². The normalized spacial score (nSPS) is 25.6. The van der Waals surface area contributed by atoms with Gasteiger partial charge in [0.1, 0.15) is 0 Å². The highest BCUT2D eigenvalue weighted by Gasteiger charge is 2.26. The van der Waals surface area contributed by atoms with E-state index in [2.05, 4.69) is 28.9 Å². The lowest BCUT2D eigenvalue weighted by atomic mass is 10.2. The molecular formula is C10H19ClN4O2. The molecule has 1 saturated heterocycles. The van der Waals surface area contributed by atoms with Crippen LogP contribution in [0.15, 0.2) is 4.52 Å². The highest BCUT2D eigenvalue weighted by Crippen LogP contribution is 2.15. The highest BCUT2D eigenvalue weighted by atomic mass is 35.5. The van der Waals surface area contributed by atoms with Gasteiger partial charge in [-0.15, -0.1) is 12.4 Å². The molecule has 1 aliphatic heterocycles. The van der Waals surface area contributed by atoms with Crippen molar-refractivity contribution in [3.63, 3.8) is 0 Å². The molecule has 2 heterocycles. The third kappa shape index (κ3) is 3.38. The zero-order valence-corrected chi connectivity index (χ0v) is 10.9. The van der Waals surface area contributed by atoms with Gasteiger partial charge in [0.05, 0.1) is 26.3 Å². The van der Waals surface area contributed by atoms with Crippen LogP contribution in [0.3, 0.4) is 0 Å². The number of hydrogen-bond donors (Lipinski definition) is 1. The maximum Gasteiger partial charge on any atom is 0.240 e. The first-order valence-corrected chi connectivity index (χ1v) is 5.55. The molecule has 0 aliphatic carbocycles. The molecule has 0 spiro atoms. The first kappa shape index (κ1) is 14.4. The average Bonchev–Trinajstić information content (AvgIpc) is 2.71. The molecule has 1 aromatic rings. The summed E-state index contributed by atoms with van der Waals surface area (Å²) >= 11 is 0. The van der Waals surface area contributed by atoms with Gasteiger partial charge in [-0.3, -0.25) is 4.90 Å². The van der Waals surface area contributed by atoms with Gasteiger partial charge in [-0.25, -0.2) is 0 Å². The average molecular weight is 263 g/mol. The van der Waals surface area contributed by atoms with Crippen molar-refractivity contribution < 1.29 is 9.26 Å². The van der Waals surface area contributed by atoms with Gasteiger partial charge in [0.2, 0.25) is 5.89 Å². The number of nitrogens with zero attached hydrogens (tertiary/aromatic N) is 3. The molecule has 1 aliphatic rings. The molecule has 0 amide bonds. The SMILES string of the molecule is CC1COCC(C)N1Cc1noc(CN)n1.Cl. The summed E-state index contributed by atoms with van der Waals surface area (Å²) in [6.45, 7) is 6.77. The molecule has 2 atom stereocenters. The van der Waals surface area contributed by atoms with Crippen LogP contribution in [0.25, 0.3) is 0 Å². The molecule has 2 N–H and O–H groups in total. The van der Waals surface area contributed by atoms with Crippen LogP contribution in [-0.2, 0) is 17.8 Å². The Morgan fingerprint density at radius 2 is 2.00 bits per heavy atom. The third-order valence-electron chi connectivity index (χ3n) is 2.86. The summed E-state index contributed by atoms with van der Waals surface area (Å²) in [7, 11) is 0. The lowest BCUT2D eigenvalue weighted by Crippen LogP contribution is -2.49. The van der Waals surface area contributed by atoms with Gasteiger partial charge in [-0.05, 0) is 13.8 Å². The number of hydrogen-bond acceptors (Lipinski definition) is 6. The van der Waals surface area contributed by atoms with E-state index in [4.69, 9.17) is 15.0 Å². The Hall–Kier alpha value is -0.690. The van der Waals surface area contributed by atoms with Crippen molar-refractivity contribution in [2.75, 3.05) is 13.2 Å². The second-order valence-electron chi connectivity index (χ2n) is 4.22. The Balaban J connectivity index is 0.00000144. The fraction of sp³-hybridized carbons (Fsp3) is 0.800. The van der Waals surface area contributed by atoms with Crippen LogP contribution < -0.4 is 5.73 Å². The summed E-state index contributed by atoms with van der Waals surface area (Å²) in [5.41, 5.74) is 5.42. The number of aromatic nitrogens is 2. The van der Waals surface area contributed by atoms with Gasteiger partial charge in [0.15, 0.2) is 5.82 Å². The molecule has 0 saturated carbocycles. The Morgan fingerprint density at radius 1 is 1.35 bits per heavy atom. The van der Waals surface area contributed by atoms with E-state index in [1.54, 1.807) is 0 Å². The third-order valence-corrected chi connectivity index (χ3v) is 2.86. The Labute approximate surface area is 107 Å². The van der Waals surface area contributed by atoms with Crippen molar-refractivity contribution in [2.45, 2.75) is 39.0 Å². The van der Waals surface area contributed by atoms with E-state index < -0.39 is 0 Å². The van der Waals surface area contributed by atoms with Crippen LogP contribution in [0.4, 0.5) is 0 Å². The molecular weight excluding hydrogens is 244 g/mol. The summed E-state index contributed by atoms with van der Waals surface area (Å²) in [5, 5.41) is 3.90. The van der Waals surface area contributed by atoms with E-state index in [1.807, 2.05) is 0 Å². The molecule has 98 valence electrons. The van der Waals surface area contributed by atoms with E-state index in [0.29, 0.717) is 36.9 Å². The van der Waals surface area contributed by atoms with Crippen molar-refractivity contribution in [3.8, 4) is 0 Å². The van der Waals surface area contributed by atoms with Crippen molar-refractivity contribution in [1.29, 1.82) is 0 Å². The standard InChI is InChI=1S/C10H18N4O2.ClH/c1-7-5-15-6-8(2)14(7)4-9-12-10(3-11)16-13-9;/h7-8H,3-6,11H2,1-2H3;1H. The van der Waals surface area contributed by atoms with Crippen LogP contribution in [0.2, 0.25) is 0 Å². The number of halogens is 1. The smallest absolute Gasteiger partial charge is 0.240 e. The first-order valence-electron chi connectivity index (χ1n) is 5.55. The van der Waals surface area contributed by atoms with Gasteiger partial charge in [0.25, 0.3) is 0 Å². The quantitative estimate of drug-likeness (QED) is 0.858. The van der Waals surface area contributed by atoms with E-state index in [0.717, 1.165) is 13.2 Å². The van der Waals surface area contributed by atoms with Gasteiger partial charge in [0, 0.05) is 12.1 Å². The largest absolute Gasteiger partial charge is 0.378 e. The minimum atomic E-state index is 0. The summed E-state index contributed by atoms with van der Waals surface area (Å²) in [5.74, 6) is 1.18. The second-order valence-corrected chi connectivity index (χ2v) is 4.22. The minimum absolute atomic E-state index is 0. The maximum atomic E-state index is 5.46. The molecule has 2 unspecified atom stereocenters. The molecule has 0 aromatic carbocycles. The predicted octanol–water partition coefficient (Wildman–Crippen LogP) is 0.559. The minimum Gasteiger partial charge on any atom is -0.378 e. The first-order chi connectivity index (χ1) is 7.70. The van der Waals surface area contributed by atoms with Crippen LogP contribution in [0.1, 0.15) is 25.6 Å². The molecule has 0 radical (unpaired) electrons. The number of nitrogens with two attached hydrogens (primary N) is 1. The number of ether oxygens (including phenoxy) is 1. The van der Waals surface area contributed by atoms with Crippen LogP contribution >= 0.6 is 12.4 Å². The van der Waals surface area contributed by atoms with Gasteiger partial charge in [-0.2, -0.15) is 4.98 Å². The van der Waals surface area contributed by atoms with Crippen LogP contribution in [0.5, 0.6) is 0 Å². The van der Waals surface area contributed by atoms with Gasteiger partial charge >= 0.3 is 0 Å². The van der Waals surface area contributed by atoms with E-state index in [1.165, 1.54) is 0 Å². The Kier molecular flexibility index (Phi) is 5.32. The molecule has 6 nitrogen and oxygen atoms in total. The van der Waals surface area contributed by atoms with Gasteiger partial charge < -0.3 is 15.0 Å². The lowest BCUT2D eigenvalue weighted by molar-refractivity contribution is -0.0422. The topological polar surface area (TPSA) is 77.4 Å². The maximum absolute atomic E-state index is 5.46. The molecule has 17 heavy (non-hydrogen) atoms. The summed E-state index contributed by atoms with van der Waals surface area (Å²) in [6.07, 6.45) is 0. The Bertz CT molecular complexity index is 337. The van der Waals surface area contributed by atoms with E-state index in [9.17, 15) is 0 Å². The molecule has 0 bridgehead atoms. The highest BCUT2D eigenvalue weighted by molar-refractivity contribution is 5.85. The van der Waals surface area contributed by atoms with Crippen molar-refractivity contribution >= 4 is 12.4 Å². The second kappa shape index (κ2) is 6.30. The van der Waals surface area contributed by atoms with Crippen LogP contribution in [0, 0.1) is 0 Å². The van der Waals surface area contributed by atoms with Crippen molar-refractivity contribution in [1.82, 2.24) is 15.0 Å². The molecule has 2 rings (SSSR count). The summed E-state index contributed by atoms with van der Waals surface area (Å²) < 4.78 is 10.4. The van der Waals surface area contributed by atoms with Crippen molar-refractivity contribution in [3.05, 3.63) is 11.7 Å². The predicted molar refractivity (Wildman–Crippen MR) is 64.7 cm³/mol. The Morgan fingerprint density at radius 3 is 2.53 bits per heavy atom. The summed E-state index contributed by atoms with van der Waals surface area (Å²) in [4.78, 5) is 6.52.